The summed E-state index contributed by atoms with van der Waals surface area (Å²) in [5.74, 6) is 1.04. The van der Waals surface area contributed by atoms with Crippen LogP contribution >= 0.6 is 12.6 Å². The highest BCUT2D eigenvalue weighted by atomic mass is 32.1. The van der Waals surface area contributed by atoms with Crippen molar-refractivity contribution in [2.24, 2.45) is 0 Å². The normalized spacial score (nSPS) is 25.6. The first-order valence-corrected chi connectivity index (χ1v) is 7.83. The molecule has 2 nitrogen and oxygen atoms in total. The number of rotatable bonds is 9. The van der Waals surface area contributed by atoms with Crippen molar-refractivity contribution in [1.29, 1.82) is 0 Å². The van der Waals surface area contributed by atoms with E-state index in [9.17, 15) is 5.11 Å². The lowest BCUT2D eigenvalue weighted by Crippen LogP contribution is -2.30. The molecule has 0 aromatic rings. The maximum absolute atomic E-state index is 9.84. The number of thiol groups is 1. The molecule has 3 heteroatoms. The first-order valence-electron chi connectivity index (χ1n) is 7.20. The Morgan fingerprint density at radius 2 is 1.65 bits per heavy atom. The van der Waals surface area contributed by atoms with E-state index in [-0.39, 0.29) is 0 Å². The van der Waals surface area contributed by atoms with Gasteiger partial charge < -0.3 is 10.0 Å². The van der Waals surface area contributed by atoms with E-state index in [2.05, 4.69) is 17.5 Å². The standard InChI is InChI=1S/C14H29NOS/c1-14(16)9-11-15(13-14)10-7-5-3-2-4-6-8-12-17/h16-17H,2-13H2,1H3. The molecular formula is C14H29NOS. The molecule has 1 N–H and O–H groups in total. The van der Waals surface area contributed by atoms with Crippen LogP contribution in [0.25, 0.3) is 0 Å². The minimum atomic E-state index is -0.424. The highest BCUT2D eigenvalue weighted by Crippen LogP contribution is 2.20. The molecule has 1 rings (SSSR count). The second-order valence-electron chi connectivity index (χ2n) is 5.72. The highest BCUT2D eigenvalue weighted by molar-refractivity contribution is 7.80. The van der Waals surface area contributed by atoms with Crippen LogP contribution < -0.4 is 0 Å². The fraction of sp³-hybridized carbons (Fsp3) is 1.00. The van der Waals surface area contributed by atoms with Crippen LogP contribution in [0, 0.1) is 0 Å². The molecule has 17 heavy (non-hydrogen) atoms. The third-order valence-electron chi connectivity index (χ3n) is 3.66. The van der Waals surface area contributed by atoms with Crippen LogP contribution in [0.2, 0.25) is 0 Å². The molecule has 0 aromatic carbocycles. The Morgan fingerprint density at radius 1 is 1.06 bits per heavy atom. The van der Waals surface area contributed by atoms with E-state index < -0.39 is 5.60 Å². The van der Waals surface area contributed by atoms with Gasteiger partial charge in [0.15, 0.2) is 0 Å². The van der Waals surface area contributed by atoms with Gasteiger partial charge in [-0.25, -0.2) is 0 Å². The van der Waals surface area contributed by atoms with Crippen LogP contribution in [0.15, 0.2) is 0 Å². The van der Waals surface area contributed by atoms with Crippen LogP contribution in [0.3, 0.4) is 0 Å². The lowest BCUT2D eigenvalue weighted by atomic mass is 10.1. The van der Waals surface area contributed by atoms with Gasteiger partial charge in [0.05, 0.1) is 5.60 Å². The molecule has 1 unspecified atom stereocenters. The first-order chi connectivity index (χ1) is 8.14. The molecule has 1 saturated heterocycles. The lowest BCUT2D eigenvalue weighted by Gasteiger charge is -2.18. The lowest BCUT2D eigenvalue weighted by molar-refractivity contribution is 0.0686. The molecule has 1 atom stereocenters. The second kappa shape index (κ2) is 8.39. The maximum atomic E-state index is 9.84. The number of aliphatic hydroxyl groups is 1. The average molecular weight is 259 g/mol. The molecule has 1 fully saturated rings. The monoisotopic (exact) mass is 259 g/mol. The number of hydrogen-bond donors (Lipinski definition) is 2. The van der Waals surface area contributed by atoms with Crippen molar-refractivity contribution in [1.82, 2.24) is 4.90 Å². The molecule has 1 aliphatic heterocycles. The zero-order valence-electron chi connectivity index (χ0n) is 11.3. The van der Waals surface area contributed by atoms with Gasteiger partial charge in [0.1, 0.15) is 0 Å². The van der Waals surface area contributed by atoms with E-state index >= 15 is 0 Å². The molecule has 0 amide bonds. The molecule has 0 aromatic heterocycles. The summed E-state index contributed by atoms with van der Waals surface area (Å²) in [6.45, 7) is 5.07. The smallest absolute Gasteiger partial charge is 0.0758 e. The van der Waals surface area contributed by atoms with Crippen LogP contribution in [0.5, 0.6) is 0 Å². The minimum Gasteiger partial charge on any atom is -0.389 e. The van der Waals surface area contributed by atoms with Gasteiger partial charge in [-0.05, 0) is 38.5 Å². The maximum Gasteiger partial charge on any atom is 0.0758 e. The van der Waals surface area contributed by atoms with Gasteiger partial charge in [-0.1, -0.05) is 32.1 Å². The van der Waals surface area contributed by atoms with Crippen LogP contribution in [-0.4, -0.2) is 41.0 Å². The van der Waals surface area contributed by atoms with E-state index in [1.807, 2.05) is 6.92 Å². The Labute approximate surface area is 112 Å². The van der Waals surface area contributed by atoms with Crippen molar-refractivity contribution in [3.05, 3.63) is 0 Å². The van der Waals surface area contributed by atoms with Crippen LogP contribution in [0.1, 0.15) is 58.3 Å². The molecule has 102 valence electrons. The Hall–Kier alpha value is 0.270. The summed E-state index contributed by atoms with van der Waals surface area (Å²) in [4.78, 5) is 2.40. The first kappa shape index (κ1) is 15.3. The molecule has 0 bridgehead atoms. The zero-order valence-corrected chi connectivity index (χ0v) is 12.2. The zero-order chi connectivity index (χ0) is 12.6. The quantitative estimate of drug-likeness (QED) is 0.491. The Balaban J connectivity index is 1.85. The average Bonchev–Trinajstić information content (AvgIpc) is 2.62. The number of unbranched alkanes of at least 4 members (excludes halogenated alkanes) is 6. The number of likely N-dealkylation sites (tertiary alicyclic amines) is 1. The summed E-state index contributed by atoms with van der Waals surface area (Å²) in [7, 11) is 0. The SMILES string of the molecule is CC1(O)CCN(CCCCCCCCCS)C1. The predicted molar refractivity (Wildman–Crippen MR) is 77.9 cm³/mol. The van der Waals surface area contributed by atoms with E-state index in [1.54, 1.807) is 0 Å². The van der Waals surface area contributed by atoms with Gasteiger partial charge in [-0.15, -0.1) is 0 Å². The summed E-state index contributed by atoms with van der Waals surface area (Å²) < 4.78 is 0. The van der Waals surface area contributed by atoms with Crippen LogP contribution in [-0.2, 0) is 0 Å². The van der Waals surface area contributed by atoms with Crippen LogP contribution in [0.4, 0.5) is 0 Å². The molecule has 0 saturated carbocycles. The van der Waals surface area contributed by atoms with Gasteiger partial charge in [0.25, 0.3) is 0 Å². The summed E-state index contributed by atoms with van der Waals surface area (Å²) in [6, 6.07) is 0. The van der Waals surface area contributed by atoms with E-state index in [1.165, 1.54) is 51.5 Å². The van der Waals surface area contributed by atoms with Crippen molar-refractivity contribution >= 4 is 12.6 Å². The fourth-order valence-corrected chi connectivity index (χ4v) is 2.78. The van der Waals surface area contributed by atoms with Gasteiger partial charge in [0.2, 0.25) is 0 Å². The Morgan fingerprint density at radius 3 is 2.18 bits per heavy atom. The molecule has 1 heterocycles. The third kappa shape index (κ3) is 7.32. The summed E-state index contributed by atoms with van der Waals surface area (Å²) >= 11 is 4.22. The molecule has 0 spiro atoms. The Bertz CT molecular complexity index is 197. The van der Waals surface area contributed by atoms with Crippen molar-refractivity contribution in [3.63, 3.8) is 0 Å². The number of nitrogens with zero attached hydrogens (tertiary/aromatic N) is 1. The number of hydrogen-bond acceptors (Lipinski definition) is 3. The molecular weight excluding hydrogens is 230 g/mol. The van der Waals surface area contributed by atoms with Gasteiger partial charge in [-0.3, -0.25) is 0 Å². The van der Waals surface area contributed by atoms with Crippen molar-refractivity contribution < 1.29 is 5.11 Å². The van der Waals surface area contributed by atoms with E-state index in [0.29, 0.717) is 0 Å². The summed E-state index contributed by atoms with van der Waals surface area (Å²) in [5, 5.41) is 9.84. The van der Waals surface area contributed by atoms with Gasteiger partial charge in [-0.2, -0.15) is 12.6 Å². The third-order valence-corrected chi connectivity index (χ3v) is 3.98. The summed E-state index contributed by atoms with van der Waals surface area (Å²) in [5.41, 5.74) is -0.424. The van der Waals surface area contributed by atoms with Crippen molar-refractivity contribution in [2.45, 2.75) is 63.9 Å². The van der Waals surface area contributed by atoms with Gasteiger partial charge in [0, 0.05) is 13.1 Å². The minimum absolute atomic E-state index is 0.424. The van der Waals surface area contributed by atoms with Crippen molar-refractivity contribution in [3.8, 4) is 0 Å². The highest BCUT2D eigenvalue weighted by Gasteiger charge is 2.30. The predicted octanol–water partition coefficient (Wildman–Crippen LogP) is 3.10. The van der Waals surface area contributed by atoms with Gasteiger partial charge >= 0.3 is 0 Å². The van der Waals surface area contributed by atoms with E-state index in [4.69, 9.17) is 0 Å². The Kier molecular flexibility index (Phi) is 7.56. The molecule has 1 aliphatic rings. The van der Waals surface area contributed by atoms with Crippen molar-refractivity contribution in [2.75, 3.05) is 25.4 Å². The largest absolute Gasteiger partial charge is 0.389 e. The molecule has 0 radical (unpaired) electrons. The topological polar surface area (TPSA) is 23.5 Å². The summed E-state index contributed by atoms with van der Waals surface area (Å²) in [6.07, 6.45) is 10.3. The van der Waals surface area contributed by atoms with E-state index in [0.717, 1.165) is 25.3 Å². The molecule has 0 aliphatic carbocycles. The number of β-amino-alcohol motifs (C(OH)–C–C–N with tert-alkyl or cyclic N) is 1. The fourth-order valence-electron chi connectivity index (χ4n) is 2.56. The second-order valence-corrected chi connectivity index (χ2v) is 6.17.